The quantitative estimate of drug-likeness (QED) is 0.0261. The molecule has 5 unspecified atom stereocenters. The van der Waals surface area contributed by atoms with E-state index in [1.807, 2.05) is 0 Å². The van der Waals surface area contributed by atoms with Gasteiger partial charge in [-0.15, -0.1) is 0 Å². The lowest BCUT2D eigenvalue weighted by atomic mass is 9.99. The van der Waals surface area contributed by atoms with Crippen LogP contribution in [0, 0.1) is 0 Å². The van der Waals surface area contributed by atoms with E-state index in [0.717, 1.165) is 103 Å². The van der Waals surface area contributed by atoms with Crippen LogP contribution in [-0.2, 0) is 28.6 Å². The molecule has 318 valence electrons. The van der Waals surface area contributed by atoms with Gasteiger partial charge in [0.15, 0.2) is 6.04 Å². The Morgan fingerprint density at radius 2 is 1.07 bits per heavy atom. The van der Waals surface area contributed by atoms with E-state index in [0.29, 0.717) is 12.8 Å². The Bertz CT molecular complexity index is 1210. The zero-order valence-corrected chi connectivity index (χ0v) is 34.2. The van der Waals surface area contributed by atoms with Gasteiger partial charge in [0.25, 0.3) is 0 Å². The third-order valence-electron chi connectivity index (χ3n) is 9.20. The van der Waals surface area contributed by atoms with Crippen molar-refractivity contribution in [2.24, 2.45) is 0 Å². The number of hydrogen-bond acceptors (Lipinski definition) is 10. The molecule has 0 radical (unpaired) electrons. The maximum Gasteiger partial charge on any atom is 0.334 e. The van der Waals surface area contributed by atoms with E-state index in [1.54, 1.807) is 0 Å². The van der Waals surface area contributed by atoms with Gasteiger partial charge in [-0.3, -0.25) is 9.59 Å². The molecule has 0 bridgehead atoms. The summed E-state index contributed by atoms with van der Waals surface area (Å²) in [7, 11) is 0. The molecule has 1 amide bonds. The summed E-state index contributed by atoms with van der Waals surface area (Å²) in [5, 5.41) is 42.5. The molecule has 1 rings (SSSR count). The van der Waals surface area contributed by atoms with Gasteiger partial charge in [0, 0.05) is 12.8 Å². The molecule has 5 N–H and O–H groups in total. The summed E-state index contributed by atoms with van der Waals surface area (Å²) in [5.41, 5.74) is 0. The molecule has 11 heteroatoms. The first kappa shape index (κ1) is 50.7. The van der Waals surface area contributed by atoms with Crippen molar-refractivity contribution in [3.8, 4) is 0 Å². The molecule has 0 spiro atoms. The molecule has 0 aromatic rings. The lowest BCUT2D eigenvalue weighted by Gasteiger charge is -2.39. The number of aliphatic hydroxyl groups excluding tert-OH is 4. The van der Waals surface area contributed by atoms with Gasteiger partial charge in [0.1, 0.15) is 31.0 Å². The van der Waals surface area contributed by atoms with E-state index in [2.05, 4.69) is 92.1 Å². The molecule has 0 saturated carbocycles. The largest absolute Gasteiger partial charge is 0.463 e. The number of hydrogen-bond donors (Lipinski definition) is 5. The van der Waals surface area contributed by atoms with Gasteiger partial charge in [-0.1, -0.05) is 125 Å². The van der Waals surface area contributed by atoms with E-state index in [-0.39, 0.29) is 12.8 Å². The average molecular weight is 788 g/mol. The fraction of sp³-hybridized carbons (Fsp3) is 0.667. The minimum Gasteiger partial charge on any atom is -0.463 e. The smallest absolute Gasteiger partial charge is 0.334 e. The molecule has 0 aromatic heterocycles. The molecule has 11 nitrogen and oxygen atoms in total. The standard InChI is InChI=1S/C45H73NO10/c1-3-5-7-9-11-13-15-17-19-21-23-25-27-29-31-33-39(48)46-37(44(53)56-45-43(52)42(51)41(50)38(35-47)55-45)36-54-40(49)34-32-30-28-26-24-22-20-18-16-14-12-10-8-6-4-2/h5-8,11-14,17-20,37-38,41-43,45,47,50-52H,3-4,9-10,15-16,21-36H2,1-2H3,(H,46,48)/b7-5-,8-6-,13-11-,14-12-,19-17-,20-18-/t37-,38?,41?,42?,43?,45?/m1/s1. The topological polar surface area (TPSA) is 172 Å². The monoisotopic (exact) mass is 788 g/mol. The van der Waals surface area contributed by atoms with Gasteiger partial charge in [0.2, 0.25) is 12.2 Å². The van der Waals surface area contributed by atoms with Crippen LogP contribution in [0.3, 0.4) is 0 Å². The summed E-state index contributed by atoms with van der Waals surface area (Å²) in [6.45, 7) is 3.06. The zero-order valence-electron chi connectivity index (χ0n) is 34.2. The number of allylic oxidation sites excluding steroid dienone is 12. The molecule has 1 heterocycles. The van der Waals surface area contributed by atoms with Crippen LogP contribution in [0.15, 0.2) is 72.9 Å². The normalized spacial score (nSPS) is 21.0. The van der Waals surface area contributed by atoms with E-state index >= 15 is 0 Å². The third kappa shape index (κ3) is 25.7. The highest BCUT2D eigenvalue weighted by molar-refractivity contribution is 5.85. The predicted octanol–water partition coefficient (Wildman–Crippen LogP) is 7.54. The summed E-state index contributed by atoms with van der Waals surface area (Å²) < 4.78 is 15.9. The van der Waals surface area contributed by atoms with Gasteiger partial charge in [-0.05, 0) is 77.0 Å². The number of esters is 2. The van der Waals surface area contributed by atoms with Crippen molar-refractivity contribution in [2.45, 2.75) is 179 Å². The third-order valence-corrected chi connectivity index (χ3v) is 9.20. The first-order valence-corrected chi connectivity index (χ1v) is 21.1. The van der Waals surface area contributed by atoms with Crippen LogP contribution in [0.25, 0.3) is 0 Å². The molecular weight excluding hydrogens is 714 g/mol. The van der Waals surface area contributed by atoms with E-state index < -0.39 is 67.8 Å². The maximum absolute atomic E-state index is 13.2. The van der Waals surface area contributed by atoms with Crippen LogP contribution in [0.5, 0.6) is 0 Å². The SMILES string of the molecule is CC/C=C\C/C=C\C/C=C\CCCCCCCC(=O)N[C@H](COC(=O)CCCCCCC/C=C\C/C=C\C/C=C\CC)C(=O)OC1OC(CO)C(O)C(O)C1O. The molecule has 1 aliphatic rings. The molecule has 0 aliphatic carbocycles. The first-order valence-electron chi connectivity index (χ1n) is 21.1. The van der Waals surface area contributed by atoms with Crippen LogP contribution in [0.1, 0.15) is 142 Å². The number of ether oxygens (including phenoxy) is 3. The van der Waals surface area contributed by atoms with Crippen molar-refractivity contribution >= 4 is 17.8 Å². The molecule has 1 aliphatic heterocycles. The Hall–Kier alpha value is -3.35. The van der Waals surface area contributed by atoms with Gasteiger partial charge >= 0.3 is 11.9 Å². The summed E-state index contributed by atoms with van der Waals surface area (Å²) >= 11 is 0. The number of unbranched alkanes of at least 4 members (excludes halogenated alkanes) is 10. The van der Waals surface area contributed by atoms with E-state index in [4.69, 9.17) is 14.2 Å². The van der Waals surface area contributed by atoms with Crippen LogP contribution >= 0.6 is 0 Å². The molecule has 1 saturated heterocycles. The van der Waals surface area contributed by atoms with Gasteiger partial charge in [-0.2, -0.15) is 0 Å². The van der Waals surface area contributed by atoms with Gasteiger partial charge in [0.05, 0.1) is 6.61 Å². The summed E-state index contributed by atoms with van der Waals surface area (Å²) in [5.74, 6) is -2.00. The zero-order chi connectivity index (χ0) is 41.1. The molecule has 0 aromatic carbocycles. The summed E-state index contributed by atoms with van der Waals surface area (Å²) in [6, 6.07) is -1.39. The lowest BCUT2D eigenvalue weighted by Crippen LogP contribution is -2.60. The predicted molar refractivity (Wildman–Crippen MR) is 221 cm³/mol. The van der Waals surface area contributed by atoms with Gasteiger partial charge < -0.3 is 40.0 Å². The van der Waals surface area contributed by atoms with Crippen molar-refractivity contribution in [3.63, 3.8) is 0 Å². The highest BCUT2D eigenvalue weighted by Gasteiger charge is 2.46. The van der Waals surface area contributed by atoms with Crippen molar-refractivity contribution in [3.05, 3.63) is 72.9 Å². The second-order valence-electron chi connectivity index (χ2n) is 14.1. The maximum atomic E-state index is 13.2. The van der Waals surface area contributed by atoms with Crippen LogP contribution < -0.4 is 5.32 Å². The highest BCUT2D eigenvalue weighted by Crippen LogP contribution is 2.22. The summed E-state index contributed by atoms with van der Waals surface area (Å²) in [4.78, 5) is 38.6. The Morgan fingerprint density at radius 1 is 0.607 bits per heavy atom. The fourth-order valence-corrected chi connectivity index (χ4v) is 5.84. The van der Waals surface area contributed by atoms with Crippen molar-refractivity contribution in [1.82, 2.24) is 5.32 Å². The number of amides is 1. The van der Waals surface area contributed by atoms with Gasteiger partial charge in [-0.25, -0.2) is 4.79 Å². The molecule has 56 heavy (non-hydrogen) atoms. The van der Waals surface area contributed by atoms with E-state index in [1.165, 1.54) is 0 Å². The van der Waals surface area contributed by atoms with Crippen LogP contribution in [-0.4, -0.2) is 88.2 Å². The highest BCUT2D eigenvalue weighted by atomic mass is 16.7. The van der Waals surface area contributed by atoms with Crippen LogP contribution in [0.2, 0.25) is 0 Å². The van der Waals surface area contributed by atoms with Crippen molar-refractivity contribution in [1.29, 1.82) is 0 Å². The first-order chi connectivity index (χ1) is 27.2. The number of carbonyl (C=O) groups is 3. The minimum atomic E-state index is -1.81. The van der Waals surface area contributed by atoms with Crippen LogP contribution in [0.4, 0.5) is 0 Å². The average Bonchev–Trinajstić information content (AvgIpc) is 3.19. The number of aliphatic hydroxyl groups is 4. The second-order valence-corrected chi connectivity index (χ2v) is 14.1. The number of rotatable bonds is 32. The Kier molecular flexibility index (Phi) is 31.5. The second kappa shape index (κ2) is 34.9. The van der Waals surface area contributed by atoms with E-state index in [9.17, 15) is 34.8 Å². The number of nitrogens with one attached hydrogen (secondary N) is 1. The summed E-state index contributed by atoms with van der Waals surface area (Å²) in [6.07, 6.45) is 35.3. The molecule has 6 atom stereocenters. The Labute approximate surface area is 336 Å². The van der Waals surface area contributed by atoms with Crippen molar-refractivity contribution in [2.75, 3.05) is 13.2 Å². The molecular formula is C45H73NO10. The fourth-order valence-electron chi connectivity index (χ4n) is 5.84. The lowest BCUT2D eigenvalue weighted by molar-refractivity contribution is -0.293. The molecule has 1 fully saturated rings. The number of carbonyl (C=O) groups excluding carboxylic acids is 3. The Balaban J connectivity index is 2.46. The Morgan fingerprint density at radius 3 is 1.59 bits per heavy atom. The van der Waals surface area contributed by atoms with Crippen molar-refractivity contribution < 1.29 is 49.0 Å². The minimum absolute atomic E-state index is 0.154.